The topological polar surface area (TPSA) is 69.6 Å². The lowest BCUT2D eigenvalue weighted by Gasteiger charge is -2.11. The average molecular weight is 546 g/mol. The first-order valence-corrected chi connectivity index (χ1v) is 14.2. The van der Waals surface area contributed by atoms with Crippen LogP contribution < -0.4 is 0 Å². The third kappa shape index (κ3) is 3.30. The van der Waals surface area contributed by atoms with E-state index >= 15 is 0 Å². The third-order valence-corrected chi connectivity index (χ3v) is 8.44. The van der Waals surface area contributed by atoms with E-state index in [0.29, 0.717) is 17.6 Å². The molecule has 0 unspecified atom stereocenters. The second kappa shape index (κ2) is 8.55. The van der Waals surface area contributed by atoms with Crippen LogP contribution in [0.15, 0.2) is 119 Å². The lowest BCUT2D eigenvalue weighted by Crippen LogP contribution is -2.06. The standard InChI is InChI=1S/C34H19N5OS/c1-4-15-26-20(9-1)21-10-2-5-16-27(21)39(26)34-37-32(24-13-8-18-29-30(24)35-19-41-29)36-33(38-34)25-14-7-12-23-22-11-3-6-17-28(22)40-31(23)25/h1-19H. The van der Waals surface area contributed by atoms with Crippen molar-refractivity contribution in [1.29, 1.82) is 0 Å². The fourth-order valence-corrected chi connectivity index (χ4v) is 6.54. The second-order valence-electron chi connectivity index (χ2n) is 9.94. The smallest absolute Gasteiger partial charge is 0.238 e. The Morgan fingerprint density at radius 2 is 1.20 bits per heavy atom. The van der Waals surface area contributed by atoms with E-state index in [0.717, 1.165) is 65.1 Å². The van der Waals surface area contributed by atoms with Crippen molar-refractivity contribution in [1.82, 2.24) is 24.5 Å². The number of hydrogen-bond acceptors (Lipinski definition) is 6. The molecule has 5 aromatic carbocycles. The molecular formula is C34H19N5OS. The van der Waals surface area contributed by atoms with Crippen LogP contribution in [0.1, 0.15) is 0 Å². The molecule has 0 aliphatic rings. The molecule has 0 saturated heterocycles. The van der Waals surface area contributed by atoms with Crippen molar-refractivity contribution in [2.45, 2.75) is 0 Å². The first-order chi connectivity index (χ1) is 20.3. The highest BCUT2D eigenvalue weighted by molar-refractivity contribution is 7.16. The molecule has 0 amide bonds. The van der Waals surface area contributed by atoms with E-state index in [2.05, 4.69) is 64.1 Å². The highest BCUT2D eigenvalue weighted by Gasteiger charge is 2.21. The maximum absolute atomic E-state index is 6.39. The van der Waals surface area contributed by atoms with Gasteiger partial charge in [-0.05, 0) is 36.4 Å². The van der Waals surface area contributed by atoms with Crippen LogP contribution in [-0.4, -0.2) is 24.5 Å². The second-order valence-corrected chi connectivity index (χ2v) is 10.8. The summed E-state index contributed by atoms with van der Waals surface area (Å²) in [6.07, 6.45) is 0. The Labute approximate surface area is 237 Å². The van der Waals surface area contributed by atoms with E-state index in [1.54, 1.807) is 11.3 Å². The van der Waals surface area contributed by atoms with Gasteiger partial charge in [0.1, 0.15) is 11.2 Å². The number of thiazole rings is 1. The number of nitrogens with zero attached hydrogens (tertiary/aromatic N) is 5. The molecule has 0 aliphatic heterocycles. The van der Waals surface area contributed by atoms with Gasteiger partial charge >= 0.3 is 0 Å². The first kappa shape index (κ1) is 22.4. The molecule has 4 heterocycles. The van der Waals surface area contributed by atoms with Crippen molar-refractivity contribution in [2.75, 3.05) is 0 Å². The van der Waals surface area contributed by atoms with Crippen molar-refractivity contribution in [3.63, 3.8) is 0 Å². The molecule has 0 fully saturated rings. The SMILES string of the molecule is c1ccc2c(c1)oc1c(-c3nc(-c4cccc5scnc45)nc(-n4c5ccccc5c5ccccc54)n3)cccc12. The summed E-state index contributed by atoms with van der Waals surface area (Å²) < 4.78 is 9.60. The van der Waals surface area contributed by atoms with E-state index in [9.17, 15) is 0 Å². The molecule has 192 valence electrons. The van der Waals surface area contributed by atoms with Gasteiger partial charge in [0.2, 0.25) is 5.95 Å². The Morgan fingerprint density at radius 3 is 2.00 bits per heavy atom. The van der Waals surface area contributed by atoms with Crippen LogP contribution in [0.4, 0.5) is 0 Å². The van der Waals surface area contributed by atoms with E-state index in [4.69, 9.17) is 19.4 Å². The minimum absolute atomic E-state index is 0.544. The summed E-state index contributed by atoms with van der Waals surface area (Å²) in [4.78, 5) is 19.9. The number of fused-ring (bicyclic) bond motifs is 7. The molecule has 9 aromatic rings. The summed E-state index contributed by atoms with van der Waals surface area (Å²) in [6, 6.07) is 37.1. The van der Waals surface area contributed by atoms with Crippen LogP contribution in [0.5, 0.6) is 0 Å². The number of para-hydroxylation sites is 5. The summed E-state index contributed by atoms with van der Waals surface area (Å²) >= 11 is 1.60. The van der Waals surface area contributed by atoms with Crippen LogP contribution in [-0.2, 0) is 0 Å². The van der Waals surface area contributed by atoms with E-state index in [-0.39, 0.29) is 0 Å². The molecule has 4 aromatic heterocycles. The largest absolute Gasteiger partial charge is 0.455 e. The Morgan fingerprint density at radius 1 is 0.561 bits per heavy atom. The number of rotatable bonds is 3. The third-order valence-electron chi connectivity index (χ3n) is 7.65. The van der Waals surface area contributed by atoms with Crippen molar-refractivity contribution in [2.24, 2.45) is 0 Å². The molecule has 41 heavy (non-hydrogen) atoms. The zero-order valence-electron chi connectivity index (χ0n) is 21.5. The average Bonchev–Trinajstić information content (AvgIpc) is 3.74. The zero-order chi connectivity index (χ0) is 26.9. The van der Waals surface area contributed by atoms with Crippen LogP contribution in [0.3, 0.4) is 0 Å². The molecule has 0 atom stereocenters. The number of benzene rings is 5. The molecule has 9 rings (SSSR count). The maximum atomic E-state index is 6.39. The predicted molar refractivity (Wildman–Crippen MR) is 165 cm³/mol. The number of hydrogen-bond donors (Lipinski definition) is 0. The van der Waals surface area contributed by atoms with Gasteiger partial charge in [-0.3, -0.25) is 4.57 Å². The maximum Gasteiger partial charge on any atom is 0.238 e. The zero-order valence-corrected chi connectivity index (χ0v) is 22.3. The molecule has 0 spiro atoms. The lowest BCUT2D eigenvalue weighted by molar-refractivity contribution is 0.669. The van der Waals surface area contributed by atoms with Crippen LogP contribution >= 0.6 is 11.3 Å². The summed E-state index contributed by atoms with van der Waals surface area (Å²) in [5.74, 6) is 1.66. The Balaban J connectivity index is 1.40. The Bertz CT molecular complexity index is 2400. The molecule has 0 radical (unpaired) electrons. The minimum atomic E-state index is 0.544. The van der Waals surface area contributed by atoms with E-state index in [1.165, 1.54) is 0 Å². The molecular weight excluding hydrogens is 526 g/mol. The molecule has 0 aliphatic carbocycles. The van der Waals surface area contributed by atoms with E-state index < -0.39 is 0 Å². The number of furan rings is 1. The van der Waals surface area contributed by atoms with Gasteiger partial charge in [-0.25, -0.2) is 9.97 Å². The highest BCUT2D eigenvalue weighted by Crippen LogP contribution is 2.37. The molecule has 7 heteroatoms. The molecule has 0 saturated carbocycles. The van der Waals surface area contributed by atoms with Gasteiger partial charge in [0.25, 0.3) is 0 Å². The summed E-state index contributed by atoms with van der Waals surface area (Å²) in [5, 5.41) is 4.38. The van der Waals surface area contributed by atoms with E-state index in [1.807, 2.05) is 60.1 Å². The first-order valence-electron chi connectivity index (χ1n) is 13.3. The van der Waals surface area contributed by atoms with Crippen LogP contribution in [0.2, 0.25) is 0 Å². The van der Waals surface area contributed by atoms with Gasteiger partial charge in [0.05, 0.1) is 32.3 Å². The van der Waals surface area contributed by atoms with Gasteiger partial charge in [0.15, 0.2) is 11.6 Å². The minimum Gasteiger partial charge on any atom is -0.455 e. The van der Waals surface area contributed by atoms with Gasteiger partial charge < -0.3 is 4.42 Å². The highest BCUT2D eigenvalue weighted by atomic mass is 32.1. The fraction of sp³-hybridized carbons (Fsp3) is 0. The summed E-state index contributed by atoms with van der Waals surface area (Å²) in [7, 11) is 0. The molecule has 6 nitrogen and oxygen atoms in total. The summed E-state index contributed by atoms with van der Waals surface area (Å²) in [5.41, 5.74) is 8.08. The van der Waals surface area contributed by atoms with Crippen LogP contribution in [0, 0.1) is 0 Å². The number of aromatic nitrogens is 5. The van der Waals surface area contributed by atoms with Gasteiger partial charge in [0, 0.05) is 27.1 Å². The van der Waals surface area contributed by atoms with Crippen molar-refractivity contribution >= 4 is 65.3 Å². The Kier molecular flexibility index (Phi) is 4.67. The van der Waals surface area contributed by atoms with Gasteiger partial charge in [-0.15, -0.1) is 11.3 Å². The van der Waals surface area contributed by atoms with Crippen molar-refractivity contribution < 1.29 is 4.42 Å². The van der Waals surface area contributed by atoms with Crippen LogP contribution in [0.25, 0.3) is 82.7 Å². The fourth-order valence-electron chi connectivity index (χ4n) is 5.83. The van der Waals surface area contributed by atoms with Gasteiger partial charge in [-0.1, -0.05) is 72.8 Å². The van der Waals surface area contributed by atoms with Crippen molar-refractivity contribution in [3.05, 3.63) is 115 Å². The van der Waals surface area contributed by atoms with Crippen molar-refractivity contribution in [3.8, 4) is 28.7 Å². The normalized spacial score (nSPS) is 11.9. The van der Waals surface area contributed by atoms with Gasteiger partial charge in [-0.2, -0.15) is 9.97 Å². The molecule has 0 N–H and O–H groups in total. The summed E-state index contributed by atoms with van der Waals surface area (Å²) in [6.45, 7) is 0. The Hall–Kier alpha value is -5.40. The quantitative estimate of drug-likeness (QED) is 0.222. The predicted octanol–water partition coefficient (Wildman–Crippen LogP) is 8.81. The lowest BCUT2D eigenvalue weighted by atomic mass is 10.1. The molecule has 0 bridgehead atoms. The monoisotopic (exact) mass is 545 g/mol.